The average Bonchev–Trinajstić information content (AvgIpc) is 3.11. The minimum absolute atomic E-state index is 0.0689. The van der Waals surface area contributed by atoms with Crippen molar-refractivity contribution >= 4 is 11.7 Å². The fourth-order valence-corrected chi connectivity index (χ4v) is 6.47. The highest BCUT2D eigenvalue weighted by atomic mass is 16.6. The first kappa shape index (κ1) is 47.0. The van der Waals surface area contributed by atoms with E-state index in [2.05, 4.69) is 5.16 Å². The summed E-state index contributed by atoms with van der Waals surface area (Å²) < 4.78 is 17.5. The first-order valence-electron chi connectivity index (χ1n) is 18.5. The van der Waals surface area contributed by atoms with Gasteiger partial charge in [-0.25, -0.2) is 4.79 Å². The second kappa shape index (κ2) is 24.3. The average molecular weight is 733 g/mol. The van der Waals surface area contributed by atoms with Gasteiger partial charge in [0.1, 0.15) is 18.8 Å². The number of esters is 1. The Morgan fingerprint density at radius 2 is 1.79 bits per heavy atom. The SMILES string of the molecule is C/C=C/C(O)C(C)/C=C/C(=N\OCCN)C(C)C(O)C(C)C1OC(=O)/C(OC)=C/C(C)=C/C(C)C(O)C(CC)C(O)C(C)C/C(C)=C/C=C/C1OC. The van der Waals surface area contributed by atoms with E-state index >= 15 is 0 Å². The number of aliphatic hydroxyl groups is 4. The van der Waals surface area contributed by atoms with E-state index in [9.17, 15) is 25.2 Å². The predicted octanol–water partition coefficient (Wildman–Crippen LogP) is 5.41. The van der Waals surface area contributed by atoms with Crippen LogP contribution >= 0.6 is 0 Å². The van der Waals surface area contributed by atoms with Gasteiger partial charge in [0.05, 0.1) is 37.2 Å². The van der Waals surface area contributed by atoms with Gasteiger partial charge < -0.3 is 45.2 Å². The van der Waals surface area contributed by atoms with Crippen molar-refractivity contribution in [2.75, 3.05) is 27.4 Å². The monoisotopic (exact) mass is 732 g/mol. The lowest BCUT2D eigenvalue weighted by Crippen LogP contribution is -2.45. The van der Waals surface area contributed by atoms with Gasteiger partial charge in [-0.05, 0) is 51.7 Å². The maximum atomic E-state index is 13.7. The minimum Gasteiger partial charge on any atom is -0.490 e. The lowest BCUT2D eigenvalue weighted by atomic mass is 9.79. The molecule has 1 rings (SSSR count). The van der Waals surface area contributed by atoms with Crippen LogP contribution in [0.15, 0.2) is 76.7 Å². The van der Waals surface area contributed by atoms with Crippen molar-refractivity contribution in [3.05, 3.63) is 71.6 Å². The number of carbonyl (C=O) groups excluding carboxylic acids is 1. The molecular weight excluding hydrogens is 664 g/mol. The summed E-state index contributed by atoms with van der Waals surface area (Å²) in [7, 11) is 2.88. The molecule has 0 aromatic heterocycles. The molecule has 11 nitrogen and oxygen atoms in total. The van der Waals surface area contributed by atoms with Crippen molar-refractivity contribution in [1.82, 2.24) is 0 Å². The molecule has 0 aliphatic carbocycles. The third kappa shape index (κ3) is 14.8. The van der Waals surface area contributed by atoms with E-state index in [1.807, 2.05) is 59.8 Å². The van der Waals surface area contributed by atoms with E-state index in [1.54, 1.807) is 57.2 Å². The fraction of sp³-hybridized carbons (Fsp3) is 0.659. The Bertz CT molecular complexity index is 1290. The topological polar surface area (TPSA) is 173 Å². The van der Waals surface area contributed by atoms with Gasteiger partial charge >= 0.3 is 5.97 Å². The normalized spacial score (nSPS) is 32.8. The molecule has 0 aromatic carbocycles. The molecule has 0 bridgehead atoms. The predicted molar refractivity (Wildman–Crippen MR) is 207 cm³/mol. The summed E-state index contributed by atoms with van der Waals surface area (Å²) >= 11 is 0. The summed E-state index contributed by atoms with van der Waals surface area (Å²) in [5, 5.41) is 49.1. The number of oxime groups is 1. The molecule has 0 radical (unpaired) electrons. The van der Waals surface area contributed by atoms with Crippen LogP contribution in [0.2, 0.25) is 0 Å². The molecule has 0 amide bonds. The zero-order valence-electron chi connectivity index (χ0n) is 33.3. The van der Waals surface area contributed by atoms with Crippen molar-refractivity contribution in [2.24, 2.45) is 46.4 Å². The molecule has 0 aromatic rings. The largest absolute Gasteiger partial charge is 0.490 e. The van der Waals surface area contributed by atoms with Gasteiger partial charge in [0.25, 0.3) is 0 Å². The number of carbonyl (C=O) groups is 1. The third-order valence-electron chi connectivity index (χ3n) is 9.85. The number of methoxy groups -OCH3 is 2. The molecule has 52 heavy (non-hydrogen) atoms. The van der Waals surface area contributed by atoms with Crippen molar-refractivity contribution in [3.8, 4) is 0 Å². The first-order chi connectivity index (χ1) is 24.6. The number of nitrogens with zero attached hydrogens (tertiary/aromatic N) is 1. The Morgan fingerprint density at radius 1 is 1.12 bits per heavy atom. The Morgan fingerprint density at radius 3 is 2.37 bits per heavy atom. The standard InChI is InChI=1S/C41H68N2O9/c1-12-15-34(44)27(5)18-19-33(43-51-21-20-42)30(8)39(47)31(9)40-35(49-10)17-14-16-25(3)22-28(6)37(45)32(13-2)38(46)29(7)23-26(4)24-36(50-11)41(48)52-40/h12,14-19,23-24,27-32,34-35,37-40,44-47H,13,20-22,42H2,1-11H3/b15-12+,17-14+,19-18+,25-16+,26-23+,36-24-,43-33+. The van der Waals surface area contributed by atoms with Crippen LogP contribution in [-0.2, 0) is 23.8 Å². The van der Waals surface area contributed by atoms with Crippen LogP contribution in [0.25, 0.3) is 0 Å². The number of cyclic esters (lactones) is 1. The van der Waals surface area contributed by atoms with E-state index in [1.165, 1.54) is 14.2 Å². The summed E-state index contributed by atoms with van der Waals surface area (Å²) in [5.74, 6) is -3.17. The summed E-state index contributed by atoms with van der Waals surface area (Å²) in [4.78, 5) is 19.2. The molecule has 1 heterocycles. The Kier molecular flexibility index (Phi) is 21.9. The van der Waals surface area contributed by atoms with Gasteiger partial charge in [-0.15, -0.1) is 0 Å². The van der Waals surface area contributed by atoms with Gasteiger partial charge in [-0.2, -0.15) is 0 Å². The molecule has 11 heteroatoms. The van der Waals surface area contributed by atoms with Gasteiger partial charge in [-0.3, -0.25) is 0 Å². The first-order valence-corrected chi connectivity index (χ1v) is 18.5. The van der Waals surface area contributed by atoms with Gasteiger partial charge in [0, 0.05) is 43.2 Å². The quantitative estimate of drug-likeness (QED) is 0.0511. The van der Waals surface area contributed by atoms with Crippen molar-refractivity contribution in [3.63, 3.8) is 0 Å². The Hall–Kier alpha value is -3.06. The van der Waals surface area contributed by atoms with Crippen LogP contribution in [0.4, 0.5) is 0 Å². The van der Waals surface area contributed by atoms with Crippen LogP contribution in [0.1, 0.15) is 75.2 Å². The second-order valence-corrected chi connectivity index (χ2v) is 14.2. The fourth-order valence-electron chi connectivity index (χ4n) is 6.47. The molecule has 12 atom stereocenters. The van der Waals surface area contributed by atoms with Gasteiger partial charge in [-0.1, -0.05) is 100 Å². The van der Waals surface area contributed by atoms with E-state index < -0.39 is 54.4 Å². The minimum atomic E-state index is -1.10. The number of allylic oxidation sites excluding steroid dienone is 7. The highest BCUT2D eigenvalue weighted by Crippen LogP contribution is 2.30. The molecule has 1 aliphatic rings. The third-order valence-corrected chi connectivity index (χ3v) is 9.85. The van der Waals surface area contributed by atoms with Gasteiger partial charge in [0.2, 0.25) is 5.76 Å². The van der Waals surface area contributed by atoms with E-state index in [4.69, 9.17) is 24.8 Å². The summed E-state index contributed by atoms with van der Waals surface area (Å²) in [6.07, 6.45) is 12.0. The molecule has 0 saturated heterocycles. The van der Waals surface area contributed by atoms with Crippen molar-refractivity contribution in [1.29, 1.82) is 0 Å². The number of hydrogen-bond donors (Lipinski definition) is 5. The number of aliphatic hydroxyl groups excluding tert-OH is 4. The zero-order valence-corrected chi connectivity index (χ0v) is 33.3. The Balaban J connectivity index is 3.72. The van der Waals surface area contributed by atoms with E-state index in [0.29, 0.717) is 24.1 Å². The summed E-state index contributed by atoms with van der Waals surface area (Å²) in [5.41, 5.74) is 7.70. The highest BCUT2D eigenvalue weighted by molar-refractivity contribution is 5.96. The molecule has 296 valence electrons. The smallest absolute Gasteiger partial charge is 0.373 e. The van der Waals surface area contributed by atoms with Crippen LogP contribution in [0, 0.1) is 35.5 Å². The molecule has 0 spiro atoms. The molecule has 0 saturated carbocycles. The highest BCUT2D eigenvalue weighted by Gasteiger charge is 2.38. The van der Waals surface area contributed by atoms with Crippen LogP contribution in [-0.4, -0.2) is 96.1 Å². The number of hydrogen-bond acceptors (Lipinski definition) is 11. The second-order valence-electron chi connectivity index (χ2n) is 14.2. The lowest BCUT2D eigenvalue weighted by molar-refractivity contribution is -0.161. The van der Waals surface area contributed by atoms with E-state index in [-0.39, 0.29) is 42.6 Å². The van der Waals surface area contributed by atoms with E-state index in [0.717, 1.165) is 5.57 Å². The summed E-state index contributed by atoms with van der Waals surface area (Å²) in [6.45, 7) is 17.3. The van der Waals surface area contributed by atoms with Gasteiger partial charge in [0.15, 0.2) is 0 Å². The maximum absolute atomic E-state index is 13.7. The number of ether oxygens (including phenoxy) is 3. The number of rotatable bonds is 14. The Labute approximate surface area is 312 Å². The molecule has 0 fully saturated rings. The molecule has 1 aliphatic heterocycles. The van der Waals surface area contributed by atoms with Crippen LogP contribution in [0.3, 0.4) is 0 Å². The van der Waals surface area contributed by atoms with Crippen LogP contribution in [0.5, 0.6) is 0 Å². The molecule has 6 N–H and O–H groups in total. The molecule has 12 unspecified atom stereocenters. The lowest BCUT2D eigenvalue weighted by Gasteiger charge is -2.34. The van der Waals surface area contributed by atoms with Crippen molar-refractivity contribution in [2.45, 2.75) is 112 Å². The summed E-state index contributed by atoms with van der Waals surface area (Å²) in [6, 6.07) is 0. The van der Waals surface area contributed by atoms with Crippen molar-refractivity contribution < 1.29 is 44.3 Å². The zero-order chi connectivity index (χ0) is 39.5. The van der Waals surface area contributed by atoms with Crippen LogP contribution < -0.4 is 5.73 Å². The molecular formula is C41H68N2O9. The number of nitrogens with two attached hydrogens (primary N) is 1. The maximum Gasteiger partial charge on any atom is 0.373 e.